The molecule has 0 saturated carbocycles. The second kappa shape index (κ2) is 8.98. The van der Waals surface area contributed by atoms with E-state index < -0.39 is 11.0 Å². The minimum atomic E-state index is -1.80. The van der Waals surface area contributed by atoms with Gasteiger partial charge in [0.25, 0.3) is 0 Å². The highest BCUT2D eigenvalue weighted by Gasteiger charge is 2.29. The summed E-state index contributed by atoms with van der Waals surface area (Å²) in [7, 11) is 1.18. The van der Waals surface area contributed by atoms with Crippen molar-refractivity contribution in [3.8, 4) is 17.4 Å². The van der Waals surface area contributed by atoms with Gasteiger partial charge in [-0.3, -0.25) is 9.40 Å². The third kappa shape index (κ3) is 3.85. The van der Waals surface area contributed by atoms with Crippen molar-refractivity contribution < 1.29 is 22.9 Å². The summed E-state index contributed by atoms with van der Waals surface area (Å²) in [6.45, 7) is 5.14. The molecule has 1 aliphatic rings. The summed E-state index contributed by atoms with van der Waals surface area (Å²) in [6.07, 6.45) is 4.56. The van der Waals surface area contributed by atoms with E-state index in [9.17, 15) is 4.21 Å². The summed E-state index contributed by atoms with van der Waals surface area (Å²) < 4.78 is 40.8. The predicted octanol–water partition coefficient (Wildman–Crippen LogP) is 3.81. The van der Waals surface area contributed by atoms with Crippen LogP contribution in [0.5, 0.6) is 17.4 Å². The van der Waals surface area contributed by atoms with Crippen LogP contribution in [0, 0.1) is 6.92 Å². The number of methoxy groups -OCH3 is 2. The van der Waals surface area contributed by atoms with E-state index in [1.165, 1.54) is 14.2 Å². The van der Waals surface area contributed by atoms with Crippen LogP contribution < -0.4 is 18.9 Å². The Kier molecular flexibility index (Phi) is 5.86. The predicted molar refractivity (Wildman–Crippen MR) is 126 cm³/mol. The molecule has 5 rings (SSSR count). The fourth-order valence-electron chi connectivity index (χ4n) is 4.28. The van der Waals surface area contributed by atoms with Gasteiger partial charge in [-0.15, -0.1) is 0 Å². The van der Waals surface area contributed by atoms with Gasteiger partial charge in [-0.05, 0) is 37.0 Å². The summed E-state index contributed by atoms with van der Waals surface area (Å²) in [5, 5.41) is 9.16. The first kappa shape index (κ1) is 22.2. The Labute approximate surface area is 198 Å². The van der Waals surface area contributed by atoms with Crippen molar-refractivity contribution in [1.29, 1.82) is 0 Å². The third-order valence-corrected chi connectivity index (χ3v) is 6.97. The van der Waals surface area contributed by atoms with Crippen LogP contribution in [-0.2, 0) is 17.5 Å². The van der Waals surface area contributed by atoms with Crippen molar-refractivity contribution in [1.82, 2.24) is 19.9 Å². The van der Waals surface area contributed by atoms with Crippen LogP contribution in [0.3, 0.4) is 0 Å². The fraction of sp³-hybridized carbons (Fsp3) is 0.348. The summed E-state index contributed by atoms with van der Waals surface area (Å²) in [5.74, 6) is 1.89. The number of aryl methyl sites for hydroxylation is 1. The van der Waals surface area contributed by atoms with E-state index in [1.54, 1.807) is 12.3 Å². The average molecular weight is 484 g/mol. The second-order valence-corrected chi connectivity index (χ2v) is 9.25. The summed E-state index contributed by atoms with van der Waals surface area (Å²) in [5.41, 5.74) is 3.35. The van der Waals surface area contributed by atoms with E-state index in [2.05, 4.69) is 26.9 Å². The standard InChI is InChI=1S/C23H25N5O5S/c1-13-6-9-32-20-18(13)15(12-28-8-5-7-24-28)11-16-19(20)22(26-33-16)27-34(29)21-17(30-3)10-14(2)25-23(21)31-4/h5,7-8,10-11,13H,6,9,12H2,1-4H3,(H,26,27). The van der Waals surface area contributed by atoms with E-state index in [0.29, 0.717) is 47.1 Å². The highest BCUT2D eigenvalue weighted by Crippen LogP contribution is 2.45. The number of fused-ring (bicyclic) bond motifs is 3. The molecule has 0 amide bonds. The van der Waals surface area contributed by atoms with Gasteiger partial charge >= 0.3 is 0 Å². The SMILES string of the molecule is COc1cc(C)nc(OC)c1S(=O)Nc1noc2cc(Cn3cccn3)c3c(c12)OCCC3C. The molecule has 4 heterocycles. The molecule has 0 radical (unpaired) electrons. The molecule has 1 N–H and O–H groups in total. The Morgan fingerprint density at radius 2 is 2.15 bits per heavy atom. The first-order valence-electron chi connectivity index (χ1n) is 10.8. The highest BCUT2D eigenvalue weighted by molar-refractivity contribution is 7.86. The zero-order valence-corrected chi connectivity index (χ0v) is 20.1. The Morgan fingerprint density at radius 3 is 2.88 bits per heavy atom. The molecule has 2 unspecified atom stereocenters. The fourth-order valence-corrected chi connectivity index (χ4v) is 5.31. The van der Waals surface area contributed by atoms with Gasteiger partial charge in [0, 0.05) is 29.7 Å². The molecule has 1 aromatic carbocycles. The van der Waals surface area contributed by atoms with Gasteiger partial charge in [0.15, 0.2) is 27.3 Å². The van der Waals surface area contributed by atoms with E-state index in [1.807, 2.05) is 29.9 Å². The zero-order valence-electron chi connectivity index (χ0n) is 19.3. The minimum absolute atomic E-state index is 0.212. The maximum atomic E-state index is 13.4. The number of hydrogen-bond donors (Lipinski definition) is 1. The van der Waals surface area contributed by atoms with Crippen LogP contribution in [-0.4, -0.2) is 45.0 Å². The molecule has 4 aromatic rings. The molecule has 0 spiro atoms. The molecular weight excluding hydrogens is 458 g/mol. The number of pyridine rings is 1. The molecule has 0 bridgehead atoms. The molecule has 11 heteroatoms. The molecule has 178 valence electrons. The number of ether oxygens (including phenoxy) is 3. The van der Waals surface area contributed by atoms with Gasteiger partial charge in [0.2, 0.25) is 5.88 Å². The monoisotopic (exact) mass is 483 g/mol. The summed E-state index contributed by atoms with van der Waals surface area (Å²) >= 11 is 0. The molecular formula is C23H25N5O5S. The maximum Gasteiger partial charge on any atom is 0.235 e. The van der Waals surface area contributed by atoms with Crippen LogP contribution in [0.4, 0.5) is 5.82 Å². The molecule has 2 atom stereocenters. The van der Waals surface area contributed by atoms with Crippen LogP contribution in [0.25, 0.3) is 11.0 Å². The lowest BCUT2D eigenvalue weighted by molar-refractivity contribution is 0.274. The highest BCUT2D eigenvalue weighted by atomic mass is 32.2. The zero-order chi connectivity index (χ0) is 23.8. The van der Waals surface area contributed by atoms with Crippen molar-refractivity contribution in [2.45, 2.75) is 37.6 Å². The van der Waals surface area contributed by atoms with Crippen molar-refractivity contribution in [3.05, 3.63) is 47.4 Å². The van der Waals surface area contributed by atoms with Gasteiger partial charge in [-0.1, -0.05) is 12.1 Å². The van der Waals surface area contributed by atoms with Crippen LogP contribution >= 0.6 is 0 Å². The van der Waals surface area contributed by atoms with E-state index in [0.717, 1.165) is 17.5 Å². The van der Waals surface area contributed by atoms with Crippen LogP contribution in [0.1, 0.15) is 36.1 Å². The van der Waals surface area contributed by atoms with Gasteiger partial charge in [0.05, 0.1) is 27.4 Å². The Bertz CT molecular complexity index is 1340. The topological polar surface area (TPSA) is 114 Å². The smallest absolute Gasteiger partial charge is 0.235 e. The number of nitrogens with one attached hydrogen (secondary N) is 1. The van der Waals surface area contributed by atoms with Crippen molar-refractivity contribution in [2.24, 2.45) is 0 Å². The van der Waals surface area contributed by atoms with Crippen molar-refractivity contribution in [3.63, 3.8) is 0 Å². The summed E-state index contributed by atoms with van der Waals surface area (Å²) in [6, 6.07) is 5.54. The van der Waals surface area contributed by atoms with Crippen LogP contribution in [0.15, 0.2) is 40.0 Å². The van der Waals surface area contributed by atoms with Crippen molar-refractivity contribution >= 4 is 27.8 Å². The molecule has 34 heavy (non-hydrogen) atoms. The molecule has 0 saturated heterocycles. The Morgan fingerprint density at radius 1 is 1.29 bits per heavy atom. The molecule has 10 nitrogen and oxygen atoms in total. The van der Waals surface area contributed by atoms with E-state index in [4.69, 9.17) is 18.7 Å². The number of aromatic nitrogens is 4. The van der Waals surface area contributed by atoms with E-state index >= 15 is 0 Å². The second-order valence-electron chi connectivity index (χ2n) is 8.10. The number of nitrogens with zero attached hydrogens (tertiary/aromatic N) is 4. The Hall–Kier alpha value is -3.60. The average Bonchev–Trinajstić information content (AvgIpc) is 3.48. The normalized spacial score (nSPS) is 16.1. The number of hydrogen-bond acceptors (Lipinski definition) is 8. The molecule has 0 aliphatic carbocycles. The van der Waals surface area contributed by atoms with Gasteiger partial charge in [-0.25, -0.2) is 9.19 Å². The van der Waals surface area contributed by atoms with E-state index in [-0.39, 0.29) is 16.7 Å². The van der Waals surface area contributed by atoms with Crippen molar-refractivity contribution in [2.75, 3.05) is 25.5 Å². The minimum Gasteiger partial charge on any atom is -0.495 e. The first-order chi connectivity index (χ1) is 16.5. The molecule has 3 aromatic heterocycles. The summed E-state index contributed by atoms with van der Waals surface area (Å²) in [4.78, 5) is 4.61. The van der Waals surface area contributed by atoms with Gasteiger partial charge in [-0.2, -0.15) is 5.10 Å². The largest absolute Gasteiger partial charge is 0.495 e. The third-order valence-electron chi connectivity index (χ3n) is 5.85. The number of anilines is 1. The molecule has 1 aliphatic heterocycles. The maximum absolute atomic E-state index is 13.4. The quantitative estimate of drug-likeness (QED) is 0.422. The lowest BCUT2D eigenvalue weighted by atomic mass is 9.89. The lowest BCUT2D eigenvalue weighted by Crippen LogP contribution is -2.16. The Balaban J connectivity index is 1.59. The lowest BCUT2D eigenvalue weighted by Gasteiger charge is -2.26. The van der Waals surface area contributed by atoms with Crippen LogP contribution in [0.2, 0.25) is 0 Å². The van der Waals surface area contributed by atoms with Gasteiger partial charge in [0.1, 0.15) is 16.9 Å². The number of rotatable bonds is 7. The van der Waals surface area contributed by atoms with Gasteiger partial charge < -0.3 is 18.7 Å². The number of benzene rings is 1. The first-order valence-corrected chi connectivity index (χ1v) is 12.0. The molecule has 0 fully saturated rings.